The lowest BCUT2D eigenvalue weighted by Crippen LogP contribution is -2.62. The minimum Gasteiger partial charge on any atom is -0.391 e. The van der Waals surface area contributed by atoms with Crippen LogP contribution in [0.5, 0.6) is 0 Å². The summed E-state index contributed by atoms with van der Waals surface area (Å²) in [7, 11) is 2.83. The Kier molecular flexibility index (Phi) is 20.5. The van der Waals surface area contributed by atoms with Crippen LogP contribution < -0.4 is 5.32 Å². The number of ether oxygens (including phenoxy) is 4. The summed E-state index contributed by atoms with van der Waals surface area (Å²) in [5.41, 5.74) is 1.65. The minimum atomic E-state index is -1.35. The van der Waals surface area contributed by atoms with E-state index in [4.69, 9.17) is 18.9 Å². The highest BCUT2D eigenvalue weighted by atomic mass is 79.9. The van der Waals surface area contributed by atoms with E-state index in [0.29, 0.717) is 19.4 Å². The molecule has 0 saturated carbocycles. The van der Waals surface area contributed by atoms with Gasteiger partial charge >= 0.3 is 0 Å². The van der Waals surface area contributed by atoms with Gasteiger partial charge in [0.1, 0.15) is 30.5 Å². The van der Waals surface area contributed by atoms with Crippen molar-refractivity contribution in [2.24, 2.45) is 0 Å². The molecule has 2 aromatic carbocycles. The first-order valence-electron chi connectivity index (χ1n) is 19.0. The predicted molar refractivity (Wildman–Crippen MR) is 204 cm³/mol. The summed E-state index contributed by atoms with van der Waals surface area (Å²) < 4.78 is 50.8. The smallest absolute Gasteiger partial charge is 0.227 e. The van der Waals surface area contributed by atoms with E-state index in [9.17, 15) is 33.7 Å². The molecule has 1 heterocycles. The van der Waals surface area contributed by atoms with Crippen molar-refractivity contribution >= 4 is 27.7 Å². The van der Waals surface area contributed by atoms with Crippen LogP contribution in [0, 0.1) is 11.6 Å². The highest BCUT2D eigenvalue weighted by molar-refractivity contribution is 9.10. The topological polar surface area (TPSA) is 147 Å². The van der Waals surface area contributed by atoms with Gasteiger partial charge in [-0.05, 0) is 68.5 Å². The fourth-order valence-corrected chi connectivity index (χ4v) is 6.91. The van der Waals surface area contributed by atoms with Crippen LogP contribution in [0.25, 0.3) is 0 Å². The van der Waals surface area contributed by atoms with Gasteiger partial charge in [-0.15, -0.1) is 0 Å². The number of aliphatic hydroxyl groups is 3. The number of rotatable bonds is 24. The molecule has 1 saturated heterocycles. The summed E-state index contributed by atoms with van der Waals surface area (Å²) in [6.07, 6.45) is 1.16. The van der Waals surface area contributed by atoms with E-state index in [1.165, 1.54) is 27.2 Å². The van der Waals surface area contributed by atoms with Gasteiger partial charge in [-0.1, -0.05) is 72.7 Å². The summed E-state index contributed by atoms with van der Waals surface area (Å²) in [6.45, 7) is 3.50. The van der Waals surface area contributed by atoms with Gasteiger partial charge in [0.2, 0.25) is 11.8 Å². The Labute approximate surface area is 326 Å². The average molecular weight is 830 g/mol. The van der Waals surface area contributed by atoms with E-state index in [2.05, 4.69) is 21.2 Å². The molecular formula is C40H59BrF2N2O9. The molecule has 0 radical (unpaired) electrons. The van der Waals surface area contributed by atoms with Crippen LogP contribution in [0.15, 0.2) is 46.9 Å². The Morgan fingerprint density at radius 3 is 2.11 bits per heavy atom. The first-order valence-corrected chi connectivity index (χ1v) is 19.8. The SMILES string of the molecule is CCN(CC1OC(OCC(NC(=O)CCCCCCCCCCc2ccc(F)c(F)c2)C(O)C(C)O)C(OC)C(O)C1OC)C(=O)Cc1ccc(Br)cc1. The highest BCUT2D eigenvalue weighted by Gasteiger charge is 2.47. The maximum atomic E-state index is 13.4. The third-order valence-electron chi connectivity index (χ3n) is 9.86. The van der Waals surface area contributed by atoms with Crippen molar-refractivity contribution in [3.8, 4) is 0 Å². The van der Waals surface area contributed by atoms with E-state index >= 15 is 0 Å². The van der Waals surface area contributed by atoms with E-state index in [0.717, 1.165) is 66.6 Å². The number of benzene rings is 2. The number of hydrogen-bond donors (Lipinski definition) is 4. The lowest BCUT2D eigenvalue weighted by atomic mass is 9.97. The molecule has 1 aliphatic rings. The number of hydrogen-bond acceptors (Lipinski definition) is 9. The molecule has 0 aromatic heterocycles. The van der Waals surface area contributed by atoms with E-state index < -0.39 is 60.6 Å². The van der Waals surface area contributed by atoms with Gasteiger partial charge in [0.05, 0.1) is 25.2 Å². The molecule has 2 amide bonds. The third kappa shape index (κ3) is 14.8. The molecule has 1 aliphatic heterocycles. The Morgan fingerprint density at radius 1 is 0.907 bits per heavy atom. The van der Waals surface area contributed by atoms with E-state index in [1.54, 1.807) is 11.0 Å². The molecule has 14 heteroatoms. The molecule has 2 aromatic rings. The molecular weight excluding hydrogens is 770 g/mol. The summed E-state index contributed by atoms with van der Waals surface area (Å²) in [4.78, 5) is 27.8. The van der Waals surface area contributed by atoms with Gasteiger partial charge in [-0.25, -0.2) is 8.78 Å². The van der Waals surface area contributed by atoms with Crippen LogP contribution in [0.4, 0.5) is 8.78 Å². The monoisotopic (exact) mass is 828 g/mol. The number of carbonyl (C=O) groups is 2. The number of halogens is 3. The van der Waals surface area contributed by atoms with E-state index in [1.807, 2.05) is 31.2 Å². The maximum absolute atomic E-state index is 13.4. The summed E-state index contributed by atoms with van der Waals surface area (Å²) in [5, 5.41) is 35.0. The lowest BCUT2D eigenvalue weighted by Gasteiger charge is -2.44. The number of amides is 2. The second kappa shape index (κ2) is 24.2. The largest absolute Gasteiger partial charge is 0.391 e. The van der Waals surface area contributed by atoms with Gasteiger partial charge in [-0.3, -0.25) is 9.59 Å². The van der Waals surface area contributed by atoms with Crippen LogP contribution in [0.3, 0.4) is 0 Å². The number of methoxy groups -OCH3 is 2. The molecule has 0 aliphatic carbocycles. The lowest BCUT2D eigenvalue weighted by molar-refractivity contribution is -0.308. The fraction of sp³-hybridized carbons (Fsp3) is 0.650. The zero-order chi connectivity index (χ0) is 39.6. The predicted octanol–water partition coefficient (Wildman–Crippen LogP) is 5.23. The summed E-state index contributed by atoms with van der Waals surface area (Å²) >= 11 is 3.41. The highest BCUT2D eigenvalue weighted by Crippen LogP contribution is 2.27. The second-order valence-electron chi connectivity index (χ2n) is 14.0. The number of nitrogens with one attached hydrogen (secondary N) is 1. The summed E-state index contributed by atoms with van der Waals surface area (Å²) in [6, 6.07) is 10.5. The number of aryl methyl sites for hydroxylation is 1. The molecule has 4 N–H and O–H groups in total. The molecule has 11 nitrogen and oxygen atoms in total. The molecule has 0 bridgehead atoms. The zero-order valence-electron chi connectivity index (χ0n) is 31.9. The van der Waals surface area contributed by atoms with Crippen LogP contribution in [-0.4, -0.2) is 115 Å². The maximum Gasteiger partial charge on any atom is 0.227 e. The molecule has 304 valence electrons. The van der Waals surface area contributed by atoms with Crippen molar-refractivity contribution in [1.29, 1.82) is 0 Å². The van der Waals surface area contributed by atoms with Gasteiger partial charge in [0, 0.05) is 38.2 Å². The van der Waals surface area contributed by atoms with Crippen LogP contribution in [-0.2, 0) is 41.4 Å². The molecule has 8 unspecified atom stereocenters. The van der Waals surface area contributed by atoms with Crippen molar-refractivity contribution in [2.75, 3.05) is 33.9 Å². The van der Waals surface area contributed by atoms with Crippen molar-refractivity contribution in [3.63, 3.8) is 0 Å². The van der Waals surface area contributed by atoms with Crippen molar-refractivity contribution in [1.82, 2.24) is 10.2 Å². The molecule has 1 fully saturated rings. The third-order valence-corrected chi connectivity index (χ3v) is 10.4. The standard InChI is InChI=1S/C40H59BrF2N2O9/c1-5-45(35(48)23-28-16-19-29(41)20-17-28)24-33-38(51-3)37(50)39(52-4)40(54-33)53-25-32(36(49)26(2)46)44-34(47)15-13-11-9-7-6-8-10-12-14-27-18-21-30(42)31(43)22-27/h16-22,26,32-33,36-40,46,49-50H,5-15,23-25H2,1-4H3,(H,44,47). The first kappa shape index (κ1) is 45.8. The van der Waals surface area contributed by atoms with Gasteiger partial charge in [0.25, 0.3) is 0 Å². The van der Waals surface area contributed by atoms with Gasteiger partial charge in [0.15, 0.2) is 17.9 Å². The quantitative estimate of drug-likeness (QED) is 0.105. The van der Waals surface area contributed by atoms with Crippen LogP contribution in [0.2, 0.25) is 0 Å². The Hall–Kier alpha value is -2.56. The van der Waals surface area contributed by atoms with E-state index in [-0.39, 0.29) is 37.8 Å². The Bertz CT molecular complexity index is 1410. The van der Waals surface area contributed by atoms with Crippen molar-refractivity contribution in [3.05, 3.63) is 69.7 Å². The first-order chi connectivity index (χ1) is 25.9. The summed E-state index contributed by atoms with van der Waals surface area (Å²) in [5.74, 6) is -2.07. The van der Waals surface area contributed by atoms with Crippen LogP contribution >= 0.6 is 15.9 Å². The minimum absolute atomic E-state index is 0.105. The number of unbranched alkanes of at least 4 members (excludes halogenated alkanes) is 7. The van der Waals surface area contributed by atoms with Crippen molar-refractivity contribution < 1.29 is 52.6 Å². The van der Waals surface area contributed by atoms with Crippen molar-refractivity contribution in [2.45, 2.75) is 133 Å². The Morgan fingerprint density at radius 2 is 1.52 bits per heavy atom. The second-order valence-corrected chi connectivity index (χ2v) is 14.9. The molecule has 8 atom stereocenters. The molecule has 3 rings (SSSR count). The van der Waals surface area contributed by atoms with Crippen LogP contribution in [0.1, 0.15) is 82.8 Å². The number of likely N-dealkylation sites (N-methyl/N-ethyl adjacent to an activating group) is 1. The zero-order valence-corrected chi connectivity index (χ0v) is 33.5. The number of nitrogens with zero attached hydrogens (tertiary/aromatic N) is 1. The fourth-order valence-electron chi connectivity index (χ4n) is 6.64. The number of aliphatic hydroxyl groups excluding tert-OH is 3. The average Bonchev–Trinajstić information content (AvgIpc) is 3.14. The van der Waals surface area contributed by atoms with Gasteiger partial charge < -0.3 is 44.5 Å². The van der Waals surface area contributed by atoms with Gasteiger partial charge in [-0.2, -0.15) is 0 Å². The Balaban J connectivity index is 1.46. The molecule has 54 heavy (non-hydrogen) atoms. The molecule has 0 spiro atoms. The number of carbonyl (C=O) groups excluding carboxylic acids is 2. The normalized spacial score (nSPS) is 21.7.